The van der Waals surface area contributed by atoms with Gasteiger partial charge in [-0.15, -0.1) is 0 Å². The van der Waals surface area contributed by atoms with E-state index in [0.29, 0.717) is 5.69 Å². The summed E-state index contributed by atoms with van der Waals surface area (Å²) in [6.07, 6.45) is 3.33. The maximum Gasteiger partial charge on any atom is 0.323 e. The smallest absolute Gasteiger partial charge is 0.323 e. The summed E-state index contributed by atoms with van der Waals surface area (Å²) in [6.45, 7) is 4.54. The van der Waals surface area contributed by atoms with Crippen molar-refractivity contribution < 1.29 is 4.79 Å². The highest BCUT2D eigenvalue weighted by atomic mass is 16.2. The number of imidazole rings is 1. The predicted octanol–water partition coefficient (Wildman–Crippen LogP) is -0.0829. The first-order chi connectivity index (χ1) is 8.22. The van der Waals surface area contributed by atoms with Crippen molar-refractivity contribution in [3.8, 4) is 0 Å². The number of aromatic nitrogens is 2. The second kappa shape index (κ2) is 5.18. The van der Waals surface area contributed by atoms with Gasteiger partial charge in [-0.2, -0.15) is 0 Å². The Morgan fingerprint density at radius 3 is 2.94 bits per heavy atom. The van der Waals surface area contributed by atoms with Crippen molar-refractivity contribution in [2.24, 2.45) is 0 Å². The van der Waals surface area contributed by atoms with Crippen LogP contribution in [0.3, 0.4) is 0 Å². The fourth-order valence-corrected chi connectivity index (χ4v) is 2.20. The molecule has 1 aliphatic rings. The number of carbonyl (C=O) groups is 1. The number of nitrogens with zero attached hydrogens (tertiary/aromatic N) is 1. The van der Waals surface area contributed by atoms with Crippen LogP contribution >= 0.6 is 0 Å². The van der Waals surface area contributed by atoms with E-state index in [1.165, 1.54) is 6.20 Å². The van der Waals surface area contributed by atoms with Gasteiger partial charge >= 0.3 is 5.69 Å². The minimum Gasteiger partial charge on any atom is -0.333 e. The summed E-state index contributed by atoms with van der Waals surface area (Å²) < 4.78 is 0. The van der Waals surface area contributed by atoms with E-state index in [2.05, 4.69) is 15.3 Å². The van der Waals surface area contributed by atoms with Crippen molar-refractivity contribution in [3.05, 3.63) is 22.4 Å². The number of nitrogens with one attached hydrogen (secondary N) is 3. The SMILES string of the molecule is CCCN(C(=O)c1c[nH]c(=O)[nH]1)C1CCNC1. The summed E-state index contributed by atoms with van der Waals surface area (Å²) in [5.74, 6) is -0.0982. The minimum absolute atomic E-state index is 0.0982. The van der Waals surface area contributed by atoms with Crippen molar-refractivity contribution in [1.82, 2.24) is 20.2 Å². The normalized spacial score (nSPS) is 19.5. The summed E-state index contributed by atoms with van der Waals surface area (Å²) in [7, 11) is 0. The van der Waals surface area contributed by atoms with Crippen LogP contribution in [0.4, 0.5) is 0 Å². The van der Waals surface area contributed by atoms with Crippen LogP contribution in [0.25, 0.3) is 0 Å². The predicted molar refractivity (Wildman–Crippen MR) is 64.0 cm³/mol. The lowest BCUT2D eigenvalue weighted by Gasteiger charge is -2.27. The Morgan fingerprint density at radius 1 is 1.59 bits per heavy atom. The second-order valence-corrected chi connectivity index (χ2v) is 4.30. The van der Waals surface area contributed by atoms with Crippen LogP contribution < -0.4 is 11.0 Å². The third-order valence-corrected chi connectivity index (χ3v) is 3.03. The number of amides is 1. The summed E-state index contributed by atoms with van der Waals surface area (Å²) in [5, 5.41) is 3.25. The van der Waals surface area contributed by atoms with E-state index in [4.69, 9.17) is 0 Å². The number of H-pyrrole nitrogens is 2. The monoisotopic (exact) mass is 238 g/mol. The first-order valence-electron chi connectivity index (χ1n) is 6.01. The maximum absolute atomic E-state index is 12.2. The number of aromatic amines is 2. The van der Waals surface area contributed by atoms with E-state index in [0.717, 1.165) is 32.5 Å². The molecule has 17 heavy (non-hydrogen) atoms. The molecule has 1 amide bonds. The van der Waals surface area contributed by atoms with Crippen LogP contribution in [0, 0.1) is 0 Å². The molecular formula is C11H18N4O2. The van der Waals surface area contributed by atoms with Gasteiger partial charge in [-0.3, -0.25) is 4.79 Å². The van der Waals surface area contributed by atoms with Gasteiger partial charge in [0.2, 0.25) is 0 Å². The van der Waals surface area contributed by atoms with Crippen molar-refractivity contribution >= 4 is 5.91 Å². The Morgan fingerprint density at radius 2 is 2.41 bits per heavy atom. The molecule has 0 aromatic carbocycles. The molecule has 1 atom stereocenters. The lowest BCUT2D eigenvalue weighted by atomic mass is 10.2. The molecule has 2 heterocycles. The molecule has 1 unspecified atom stereocenters. The van der Waals surface area contributed by atoms with Gasteiger partial charge in [0.05, 0.1) is 0 Å². The third-order valence-electron chi connectivity index (χ3n) is 3.03. The fourth-order valence-electron chi connectivity index (χ4n) is 2.20. The van der Waals surface area contributed by atoms with Crippen molar-refractivity contribution in [2.45, 2.75) is 25.8 Å². The first-order valence-corrected chi connectivity index (χ1v) is 6.01. The summed E-state index contributed by atoms with van der Waals surface area (Å²) in [6, 6.07) is 0.237. The van der Waals surface area contributed by atoms with Crippen molar-refractivity contribution in [3.63, 3.8) is 0 Å². The van der Waals surface area contributed by atoms with E-state index < -0.39 is 0 Å². The standard InChI is InChI=1S/C11H18N4O2/c1-2-5-15(8-3-4-12-6-8)10(16)9-7-13-11(17)14-9/h7-8,12H,2-6H2,1H3,(H2,13,14,17). The molecule has 1 saturated heterocycles. The highest BCUT2D eigenvalue weighted by Gasteiger charge is 2.27. The Balaban J connectivity index is 2.14. The van der Waals surface area contributed by atoms with Gasteiger partial charge in [0.25, 0.3) is 5.91 Å². The molecule has 0 bridgehead atoms. The maximum atomic E-state index is 12.2. The average Bonchev–Trinajstić information content (AvgIpc) is 2.95. The van der Waals surface area contributed by atoms with Gasteiger partial charge in [-0.25, -0.2) is 4.79 Å². The molecule has 94 valence electrons. The highest BCUT2D eigenvalue weighted by molar-refractivity contribution is 5.92. The number of carbonyl (C=O) groups excluding carboxylic acids is 1. The van der Waals surface area contributed by atoms with Crippen LogP contribution in [-0.2, 0) is 0 Å². The Labute approximate surface area is 99.4 Å². The molecule has 0 spiro atoms. The summed E-state index contributed by atoms with van der Waals surface area (Å²) >= 11 is 0. The molecule has 2 rings (SSSR count). The van der Waals surface area contributed by atoms with Crippen molar-refractivity contribution in [1.29, 1.82) is 0 Å². The molecular weight excluding hydrogens is 220 g/mol. The molecule has 3 N–H and O–H groups in total. The van der Waals surface area contributed by atoms with E-state index in [9.17, 15) is 9.59 Å². The molecule has 1 fully saturated rings. The molecule has 6 heteroatoms. The zero-order chi connectivity index (χ0) is 12.3. The van der Waals surface area contributed by atoms with Gasteiger partial charge in [0.15, 0.2) is 0 Å². The Bertz CT molecular complexity index is 431. The summed E-state index contributed by atoms with van der Waals surface area (Å²) in [4.78, 5) is 30.1. The van der Waals surface area contributed by atoms with Gasteiger partial charge in [0, 0.05) is 25.3 Å². The van der Waals surface area contributed by atoms with E-state index in [1.54, 1.807) is 0 Å². The van der Waals surface area contributed by atoms with Crippen LogP contribution in [0.15, 0.2) is 11.0 Å². The summed E-state index contributed by atoms with van der Waals surface area (Å²) in [5.41, 5.74) is 0.00435. The number of rotatable bonds is 4. The minimum atomic E-state index is -0.339. The van der Waals surface area contributed by atoms with Crippen molar-refractivity contribution in [2.75, 3.05) is 19.6 Å². The number of hydrogen-bond acceptors (Lipinski definition) is 3. The molecule has 0 radical (unpaired) electrons. The number of hydrogen-bond donors (Lipinski definition) is 3. The molecule has 1 aromatic heterocycles. The van der Waals surface area contributed by atoms with E-state index in [-0.39, 0.29) is 17.6 Å². The lowest BCUT2D eigenvalue weighted by molar-refractivity contribution is 0.0686. The van der Waals surface area contributed by atoms with E-state index >= 15 is 0 Å². The molecule has 6 nitrogen and oxygen atoms in total. The van der Waals surface area contributed by atoms with Crippen LogP contribution in [0.2, 0.25) is 0 Å². The zero-order valence-electron chi connectivity index (χ0n) is 9.95. The largest absolute Gasteiger partial charge is 0.333 e. The topological polar surface area (TPSA) is 81.0 Å². The molecule has 1 aromatic rings. The van der Waals surface area contributed by atoms with Crippen LogP contribution in [-0.4, -0.2) is 46.5 Å². The molecule has 1 aliphatic heterocycles. The van der Waals surface area contributed by atoms with Crippen LogP contribution in [0.1, 0.15) is 30.3 Å². The fraction of sp³-hybridized carbons (Fsp3) is 0.636. The zero-order valence-corrected chi connectivity index (χ0v) is 9.95. The Hall–Kier alpha value is -1.56. The first kappa shape index (κ1) is 11.9. The lowest BCUT2D eigenvalue weighted by Crippen LogP contribution is -2.42. The molecule has 0 saturated carbocycles. The van der Waals surface area contributed by atoms with Gasteiger partial charge in [-0.1, -0.05) is 6.92 Å². The Kier molecular flexibility index (Phi) is 3.63. The second-order valence-electron chi connectivity index (χ2n) is 4.30. The quantitative estimate of drug-likeness (QED) is 0.686. The van der Waals surface area contributed by atoms with Gasteiger partial charge in [-0.05, 0) is 19.4 Å². The highest BCUT2D eigenvalue weighted by Crippen LogP contribution is 2.12. The van der Waals surface area contributed by atoms with Crippen LogP contribution in [0.5, 0.6) is 0 Å². The average molecular weight is 238 g/mol. The van der Waals surface area contributed by atoms with Gasteiger partial charge in [0.1, 0.15) is 5.69 Å². The third kappa shape index (κ3) is 2.58. The van der Waals surface area contributed by atoms with E-state index in [1.807, 2.05) is 11.8 Å². The molecule has 0 aliphatic carbocycles. The van der Waals surface area contributed by atoms with Gasteiger partial charge < -0.3 is 20.2 Å².